The molecule has 0 fully saturated rings. The number of aliphatic imine (C=N–C) groups is 1. The third-order valence-electron chi connectivity index (χ3n) is 3.37. The van der Waals surface area contributed by atoms with Crippen molar-refractivity contribution in [3.05, 3.63) is 51.7 Å². The summed E-state index contributed by atoms with van der Waals surface area (Å²) in [5, 5.41) is 19.5. The molecule has 0 aliphatic carbocycles. The predicted molar refractivity (Wildman–Crippen MR) is 95.9 cm³/mol. The number of benzene rings is 1. The Labute approximate surface area is 145 Å². The van der Waals surface area contributed by atoms with Gasteiger partial charge in [-0.3, -0.25) is 4.99 Å². The minimum absolute atomic E-state index is 0.0894. The van der Waals surface area contributed by atoms with Gasteiger partial charge in [-0.2, -0.15) is 0 Å². The number of hydrogen-bond acceptors (Lipinski definition) is 4. The normalized spacial score (nSPS) is 12.9. The molecule has 1 heterocycles. The van der Waals surface area contributed by atoms with Crippen molar-refractivity contribution in [1.29, 1.82) is 0 Å². The number of guanidine groups is 1. The van der Waals surface area contributed by atoms with Gasteiger partial charge in [0.15, 0.2) is 5.96 Å². The van der Waals surface area contributed by atoms with E-state index in [-0.39, 0.29) is 12.1 Å². The molecule has 1 unspecified atom stereocenters. The summed E-state index contributed by atoms with van der Waals surface area (Å²) in [5.41, 5.74) is 1.31. The second kappa shape index (κ2) is 9.34. The largest absolute Gasteiger partial charge is 0.386 e. The van der Waals surface area contributed by atoms with Crippen molar-refractivity contribution in [1.82, 2.24) is 15.6 Å². The molecule has 0 bridgehead atoms. The molecule has 24 heavy (non-hydrogen) atoms. The topological polar surface area (TPSA) is 69.5 Å². The number of rotatable bonds is 7. The van der Waals surface area contributed by atoms with E-state index in [2.05, 4.69) is 20.6 Å². The third-order valence-corrected chi connectivity index (χ3v) is 4.19. The lowest BCUT2D eigenvalue weighted by Gasteiger charge is -2.13. The van der Waals surface area contributed by atoms with Crippen LogP contribution < -0.4 is 10.6 Å². The molecule has 0 spiro atoms. The molecular weight excluding hydrogens is 327 g/mol. The van der Waals surface area contributed by atoms with Gasteiger partial charge in [0.05, 0.1) is 17.2 Å². The van der Waals surface area contributed by atoms with Crippen molar-refractivity contribution < 1.29 is 9.50 Å². The fourth-order valence-electron chi connectivity index (χ4n) is 2.20. The summed E-state index contributed by atoms with van der Waals surface area (Å²) in [6.07, 6.45) is -0.173. The number of thiazole rings is 1. The summed E-state index contributed by atoms with van der Waals surface area (Å²) in [5.74, 6) is 0.178. The number of aliphatic hydroxyl groups excluding tert-OH is 1. The number of nitrogens with one attached hydrogen (secondary N) is 2. The predicted octanol–water partition coefficient (Wildman–Crippen LogP) is 2.42. The van der Waals surface area contributed by atoms with Gasteiger partial charge in [0.25, 0.3) is 0 Å². The minimum Gasteiger partial charge on any atom is -0.386 e. The Hall–Kier alpha value is -1.99. The Kier molecular flexibility index (Phi) is 7.14. The number of aryl methyl sites for hydroxylation is 1. The molecule has 1 aromatic carbocycles. The van der Waals surface area contributed by atoms with Crippen LogP contribution in [-0.4, -0.2) is 35.7 Å². The smallest absolute Gasteiger partial charge is 0.191 e. The standard InChI is InChI=1S/C17H23FN4OS/c1-3-19-17(20-9-8-13-11-24-12(2)22-13)21-10-16(23)14-6-4-5-7-15(14)18/h4-7,11,16,23H,3,8-10H2,1-2H3,(H2,19,20,21). The summed E-state index contributed by atoms with van der Waals surface area (Å²) in [6.45, 7) is 5.43. The maximum absolute atomic E-state index is 13.7. The fourth-order valence-corrected chi connectivity index (χ4v) is 2.84. The van der Waals surface area contributed by atoms with Crippen LogP contribution in [0.5, 0.6) is 0 Å². The first-order valence-electron chi connectivity index (χ1n) is 7.95. The number of hydrogen-bond donors (Lipinski definition) is 3. The molecule has 0 aliphatic rings. The van der Waals surface area contributed by atoms with Gasteiger partial charge in [0.2, 0.25) is 0 Å². The molecule has 7 heteroatoms. The van der Waals surface area contributed by atoms with Crippen molar-refractivity contribution >= 4 is 17.3 Å². The highest BCUT2D eigenvalue weighted by atomic mass is 32.1. The molecule has 5 nitrogen and oxygen atoms in total. The summed E-state index contributed by atoms with van der Waals surface area (Å²) in [7, 11) is 0. The maximum atomic E-state index is 13.7. The van der Waals surface area contributed by atoms with Crippen molar-refractivity contribution in [2.75, 3.05) is 19.6 Å². The van der Waals surface area contributed by atoms with E-state index in [4.69, 9.17) is 0 Å². The van der Waals surface area contributed by atoms with E-state index in [0.717, 1.165) is 17.1 Å². The zero-order valence-corrected chi connectivity index (χ0v) is 14.7. The quantitative estimate of drug-likeness (QED) is 0.530. The molecule has 1 atom stereocenters. The van der Waals surface area contributed by atoms with Gasteiger partial charge in [-0.15, -0.1) is 11.3 Å². The molecule has 0 saturated heterocycles. The van der Waals surface area contributed by atoms with Crippen LogP contribution in [0, 0.1) is 12.7 Å². The lowest BCUT2D eigenvalue weighted by molar-refractivity contribution is 0.182. The zero-order valence-electron chi connectivity index (χ0n) is 13.9. The Morgan fingerprint density at radius 1 is 1.38 bits per heavy atom. The van der Waals surface area contributed by atoms with E-state index in [1.807, 2.05) is 19.2 Å². The molecule has 2 rings (SSSR count). The molecule has 130 valence electrons. The van der Waals surface area contributed by atoms with Crippen LogP contribution >= 0.6 is 11.3 Å². The van der Waals surface area contributed by atoms with Crippen molar-refractivity contribution in [3.63, 3.8) is 0 Å². The molecule has 0 saturated carbocycles. The van der Waals surface area contributed by atoms with E-state index < -0.39 is 11.9 Å². The summed E-state index contributed by atoms with van der Waals surface area (Å²) in [6, 6.07) is 6.20. The van der Waals surface area contributed by atoms with Crippen LogP contribution in [0.2, 0.25) is 0 Å². The average molecular weight is 350 g/mol. The van der Waals surface area contributed by atoms with E-state index in [1.54, 1.807) is 29.5 Å². The molecule has 0 amide bonds. The summed E-state index contributed by atoms with van der Waals surface area (Å²) in [4.78, 5) is 8.74. The minimum atomic E-state index is -0.970. The summed E-state index contributed by atoms with van der Waals surface area (Å²) < 4.78 is 13.7. The van der Waals surface area contributed by atoms with Crippen molar-refractivity contribution in [2.45, 2.75) is 26.4 Å². The van der Waals surface area contributed by atoms with Gasteiger partial charge in [0, 0.05) is 30.5 Å². The fraction of sp³-hybridized carbons (Fsp3) is 0.412. The second-order valence-corrected chi connectivity index (χ2v) is 6.35. The Morgan fingerprint density at radius 3 is 2.83 bits per heavy atom. The van der Waals surface area contributed by atoms with Gasteiger partial charge in [-0.05, 0) is 19.9 Å². The van der Waals surface area contributed by atoms with Crippen LogP contribution in [-0.2, 0) is 6.42 Å². The lowest BCUT2D eigenvalue weighted by Crippen LogP contribution is -2.38. The van der Waals surface area contributed by atoms with Crippen molar-refractivity contribution in [3.8, 4) is 0 Å². The third kappa shape index (κ3) is 5.58. The highest BCUT2D eigenvalue weighted by Crippen LogP contribution is 2.16. The van der Waals surface area contributed by atoms with E-state index in [0.29, 0.717) is 19.0 Å². The number of halogens is 1. The molecule has 3 N–H and O–H groups in total. The maximum Gasteiger partial charge on any atom is 0.191 e. The first kappa shape index (κ1) is 18.4. The van der Waals surface area contributed by atoms with E-state index >= 15 is 0 Å². The average Bonchev–Trinajstić information content (AvgIpc) is 2.98. The Balaban J connectivity index is 1.88. The zero-order chi connectivity index (χ0) is 17.4. The van der Waals surface area contributed by atoms with Crippen LogP contribution in [0.15, 0.2) is 34.6 Å². The highest BCUT2D eigenvalue weighted by molar-refractivity contribution is 7.09. The highest BCUT2D eigenvalue weighted by Gasteiger charge is 2.11. The Morgan fingerprint density at radius 2 is 2.17 bits per heavy atom. The van der Waals surface area contributed by atoms with Crippen LogP contribution in [0.25, 0.3) is 0 Å². The number of nitrogens with zero attached hydrogens (tertiary/aromatic N) is 2. The SMILES string of the molecule is CCNC(=NCC(O)c1ccccc1F)NCCc1csc(C)n1. The molecule has 0 radical (unpaired) electrons. The van der Waals surface area contributed by atoms with Crippen LogP contribution in [0.1, 0.15) is 29.3 Å². The van der Waals surface area contributed by atoms with Gasteiger partial charge in [-0.25, -0.2) is 9.37 Å². The Bertz CT molecular complexity index is 674. The molecule has 1 aromatic heterocycles. The first-order valence-corrected chi connectivity index (χ1v) is 8.83. The molecule has 0 aliphatic heterocycles. The van der Waals surface area contributed by atoms with E-state index in [9.17, 15) is 9.50 Å². The number of aliphatic hydroxyl groups is 1. The lowest BCUT2D eigenvalue weighted by atomic mass is 10.1. The molecular formula is C17H23FN4OS. The number of aromatic nitrogens is 1. The van der Waals surface area contributed by atoms with Gasteiger partial charge < -0.3 is 15.7 Å². The van der Waals surface area contributed by atoms with Gasteiger partial charge in [-0.1, -0.05) is 18.2 Å². The van der Waals surface area contributed by atoms with Crippen LogP contribution in [0.4, 0.5) is 4.39 Å². The van der Waals surface area contributed by atoms with Gasteiger partial charge in [0.1, 0.15) is 11.9 Å². The monoisotopic (exact) mass is 350 g/mol. The van der Waals surface area contributed by atoms with Crippen molar-refractivity contribution in [2.24, 2.45) is 4.99 Å². The molecule has 2 aromatic rings. The van der Waals surface area contributed by atoms with E-state index in [1.165, 1.54) is 6.07 Å². The van der Waals surface area contributed by atoms with Crippen LogP contribution in [0.3, 0.4) is 0 Å². The van der Waals surface area contributed by atoms with Gasteiger partial charge >= 0.3 is 0 Å². The second-order valence-electron chi connectivity index (χ2n) is 5.29. The summed E-state index contributed by atoms with van der Waals surface area (Å²) >= 11 is 1.63. The first-order chi connectivity index (χ1) is 11.6.